The standard InChI is InChI=1S/C16H29N3/c1-5-14-6-8-15(9-7-14)10-17-12(2)16-11-19(4)18-13(16)3/h11-12,14-15,17H,5-10H2,1-4H3. The van der Waals surface area contributed by atoms with Crippen LogP contribution in [0.4, 0.5) is 0 Å². The van der Waals surface area contributed by atoms with Gasteiger partial charge in [-0.25, -0.2) is 0 Å². The highest BCUT2D eigenvalue weighted by molar-refractivity contribution is 5.19. The number of hydrogen-bond donors (Lipinski definition) is 1. The van der Waals surface area contributed by atoms with Gasteiger partial charge in [-0.05, 0) is 45.1 Å². The predicted molar refractivity (Wildman–Crippen MR) is 80.1 cm³/mol. The molecule has 1 unspecified atom stereocenters. The van der Waals surface area contributed by atoms with Crippen molar-refractivity contribution in [3.8, 4) is 0 Å². The summed E-state index contributed by atoms with van der Waals surface area (Å²) in [6, 6.07) is 0.414. The van der Waals surface area contributed by atoms with E-state index < -0.39 is 0 Å². The molecule has 1 aliphatic carbocycles. The fourth-order valence-electron chi connectivity index (χ4n) is 3.34. The predicted octanol–water partition coefficient (Wildman–Crippen LogP) is 3.60. The molecule has 0 bridgehead atoms. The normalized spacial score (nSPS) is 25.5. The summed E-state index contributed by atoms with van der Waals surface area (Å²) in [6.07, 6.45) is 9.19. The van der Waals surface area contributed by atoms with Crippen LogP contribution in [0.1, 0.15) is 63.3 Å². The topological polar surface area (TPSA) is 29.9 Å². The van der Waals surface area contributed by atoms with E-state index in [0.29, 0.717) is 6.04 Å². The molecule has 0 radical (unpaired) electrons. The summed E-state index contributed by atoms with van der Waals surface area (Å²) in [5.74, 6) is 1.87. The maximum absolute atomic E-state index is 4.42. The molecule has 1 atom stereocenters. The second kappa shape index (κ2) is 6.56. The van der Waals surface area contributed by atoms with E-state index in [1.807, 2.05) is 11.7 Å². The van der Waals surface area contributed by atoms with Gasteiger partial charge < -0.3 is 5.32 Å². The summed E-state index contributed by atoms with van der Waals surface area (Å²) in [5, 5.41) is 8.13. The minimum absolute atomic E-state index is 0.414. The Morgan fingerprint density at radius 3 is 2.47 bits per heavy atom. The Bertz CT molecular complexity index is 389. The number of rotatable bonds is 5. The number of hydrogen-bond acceptors (Lipinski definition) is 2. The van der Waals surface area contributed by atoms with Crippen molar-refractivity contribution in [3.63, 3.8) is 0 Å². The fourth-order valence-corrected chi connectivity index (χ4v) is 3.34. The van der Waals surface area contributed by atoms with Crippen LogP contribution in [0.5, 0.6) is 0 Å². The Morgan fingerprint density at radius 1 is 1.32 bits per heavy atom. The number of aromatic nitrogens is 2. The first-order valence-electron chi connectivity index (χ1n) is 7.83. The Hall–Kier alpha value is -0.830. The molecular formula is C16H29N3. The van der Waals surface area contributed by atoms with Crippen molar-refractivity contribution in [3.05, 3.63) is 17.5 Å². The van der Waals surface area contributed by atoms with E-state index in [1.165, 1.54) is 37.7 Å². The highest BCUT2D eigenvalue weighted by atomic mass is 15.3. The molecule has 108 valence electrons. The Labute approximate surface area is 117 Å². The average molecular weight is 263 g/mol. The van der Waals surface area contributed by atoms with Gasteiger partial charge in [-0.15, -0.1) is 0 Å². The van der Waals surface area contributed by atoms with Crippen molar-refractivity contribution in [1.82, 2.24) is 15.1 Å². The molecule has 0 aliphatic heterocycles. The third-order valence-corrected chi connectivity index (χ3v) is 4.77. The van der Waals surface area contributed by atoms with Crippen LogP contribution in [0.15, 0.2) is 6.20 Å². The molecular weight excluding hydrogens is 234 g/mol. The first-order chi connectivity index (χ1) is 9.10. The lowest BCUT2D eigenvalue weighted by atomic mass is 9.81. The molecule has 1 fully saturated rings. The zero-order valence-corrected chi connectivity index (χ0v) is 12.9. The van der Waals surface area contributed by atoms with E-state index in [1.54, 1.807) is 0 Å². The average Bonchev–Trinajstić information content (AvgIpc) is 2.75. The molecule has 0 amide bonds. The van der Waals surface area contributed by atoms with Gasteiger partial charge in [0.15, 0.2) is 0 Å². The van der Waals surface area contributed by atoms with Crippen molar-refractivity contribution in [1.29, 1.82) is 0 Å². The number of nitrogens with zero attached hydrogens (tertiary/aromatic N) is 2. The maximum Gasteiger partial charge on any atom is 0.0641 e. The zero-order valence-electron chi connectivity index (χ0n) is 12.9. The van der Waals surface area contributed by atoms with Gasteiger partial charge in [-0.1, -0.05) is 26.2 Å². The van der Waals surface area contributed by atoms with Crippen molar-refractivity contribution in [2.75, 3.05) is 6.54 Å². The summed E-state index contributed by atoms with van der Waals surface area (Å²) in [7, 11) is 2.00. The second-order valence-corrected chi connectivity index (χ2v) is 6.27. The van der Waals surface area contributed by atoms with Crippen molar-refractivity contribution in [2.45, 2.75) is 58.9 Å². The molecule has 0 spiro atoms. The van der Waals surface area contributed by atoms with Crippen LogP contribution in [0.3, 0.4) is 0 Å². The van der Waals surface area contributed by atoms with Crippen molar-refractivity contribution >= 4 is 0 Å². The lowest BCUT2D eigenvalue weighted by Crippen LogP contribution is -2.28. The van der Waals surface area contributed by atoms with Crippen LogP contribution in [-0.2, 0) is 7.05 Å². The van der Waals surface area contributed by atoms with Crippen LogP contribution in [-0.4, -0.2) is 16.3 Å². The van der Waals surface area contributed by atoms with Gasteiger partial charge in [0.25, 0.3) is 0 Å². The molecule has 0 aromatic carbocycles. The molecule has 1 aromatic rings. The fraction of sp³-hybridized carbons (Fsp3) is 0.812. The number of nitrogens with one attached hydrogen (secondary N) is 1. The van der Waals surface area contributed by atoms with Gasteiger partial charge >= 0.3 is 0 Å². The van der Waals surface area contributed by atoms with Crippen LogP contribution in [0, 0.1) is 18.8 Å². The van der Waals surface area contributed by atoms with E-state index in [2.05, 4.69) is 37.4 Å². The molecule has 2 rings (SSSR count). The first kappa shape index (κ1) is 14.6. The smallest absolute Gasteiger partial charge is 0.0641 e. The molecule has 1 N–H and O–H groups in total. The highest BCUT2D eigenvalue weighted by Crippen LogP contribution is 2.30. The maximum atomic E-state index is 4.42. The van der Waals surface area contributed by atoms with Gasteiger partial charge in [0.1, 0.15) is 0 Å². The van der Waals surface area contributed by atoms with E-state index in [9.17, 15) is 0 Å². The molecule has 19 heavy (non-hydrogen) atoms. The summed E-state index contributed by atoms with van der Waals surface area (Å²) in [5.41, 5.74) is 2.49. The monoisotopic (exact) mass is 263 g/mol. The SMILES string of the molecule is CCC1CCC(CNC(C)c2cn(C)nc2C)CC1. The van der Waals surface area contributed by atoms with E-state index in [0.717, 1.165) is 24.1 Å². The molecule has 3 heteroatoms. The van der Waals surface area contributed by atoms with Gasteiger partial charge in [0.05, 0.1) is 5.69 Å². The van der Waals surface area contributed by atoms with E-state index in [4.69, 9.17) is 0 Å². The van der Waals surface area contributed by atoms with Crippen molar-refractivity contribution < 1.29 is 0 Å². The molecule has 1 heterocycles. The first-order valence-corrected chi connectivity index (χ1v) is 7.83. The van der Waals surface area contributed by atoms with Gasteiger partial charge in [-0.3, -0.25) is 4.68 Å². The summed E-state index contributed by atoms with van der Waals surface area (Å²) in [6.45, 7) is 7.84. The molecule has 3 nitrogen and oxygen atoms in total. The van der Waals surface area contributed by atoms with Crippen LogP contribution >= 0.6 is 0 Å². The Balaban J connectivity index is 1.78. The largest absolute Gasteiger partial charge is 0.310 e. The van der Waals surface area contributed by atoms with Gasteiger partial charge in [0, 0.05) is 24.8 Å². The molecule has 1 aromatic heterocycles. The Morgan fingerprint density at radius 2 is 1.95 bits per heavy atom. The highest BCUT2D eigenvalue weighted by Gasteiger charge is 2.20. The summed E-state index contributed by atoms with van der Waals surface area (Å²) >= 11 is 0. The molecule has 1 saturated carbocycles. The minimum atomic E-state index is 0.414. The molecule has 1 aliphatic rings. The van der Waals surface area contributed by atoms with Gasteiger partial charge in [-0.2, -0.15) is 5.10 Å². The van der Waals surface area contributed by atoms with E-state index in [-0.39, 0.29) is 0 Å². The lowest BCUT2D eigenvalue weighted by molar-refractivity contribution is 0.258. The van der Waals surface area contributed by atoms with Gasteiger partial charge in [0.2, 0.25) is 0 Å². The quantitative estimate of drug-likeness (QED) is 0.879. The summed E-state index contributed by atoms with van der Waals surface area (Å²) < 4.78 is 1.91. The van der Waals surface area contributed by atoms with Crippen LogP contribution in [0.2, 0.25) is 0 Å². The third-order valence-electron chi connectivity index (χ3n) is 4.77. The second-order valence-electron chi connectivity index (χ2n) is 6.27. The van der Waals surface area contributed by atoms with Crippen LogP contribution < -0.4 is 5.32 Å². The third kappa shape index (κ3) is 3.82. The Kier molecular flexibility index (Phi) is 5.03. The summed E-state index contributed by atoms with van der Waals surface area (Å²) in [4.78, 5) is 0. The zero-order chi connectivity index (χ0) is 13.8. The van der Waals surface area contributed by atoms with Crippen LogP contribution in [0.25, 0.3) is 0 Å². The minimum Gasteiger partial charge on any atom is -0.310 e. The lowest BCUT2D eigenvalue weighted by Gasteiger charge is -2.29. The molecule has 0 saturated heterocycles. The number of aryl methyl sites for hydroxylation is 2. The van der Waals surface area contributed by atoms with E-state index >= 15 is 0 Å². The van der Waals surface area contributed by atoms with Crippen molar-refractivity contribution in [2.24, 2.45) is 18.9 Å².